The predicted octanol–water partition coefficient (Wildman–Crippen LogP) is 3.45. The van der Waals surface area contributed by atoms with Crippen molar-refractivity contribution in [3.8, 4) is 0 Å². The van der Waals surface area contributed by atoms with Crippen LogP contribution in [0.3, 0.4) is 0 Å². The van der Waals surface area contributed by atoms with Crippen molar-refractivity contribution in [1.82, 2.24) is 14.2 Å². The summed E-state index contributed by atoms with van der Waals surface area (Å²) < 4.78 is 28.2. The molecule has 1 aromatic heterocycles. The van der Waals surface area contributed by atoms with E-state index in [0.29, 0.717) is 23.4 Å². The lowest BCUT2D eigenvalue weighted by Gasteiger charge is -2.47. The summed E-state index contributed by atoms with van der Waals surface area (Å²) in [6, 6.07) is 3.47. The third-order valence-electron chi connectivity index (χ3n) is 6.54. The maximum atomic E-state index is 13.2. The Balaban J connectivity index is 1.64. The molecular weight excluding hydrogens is 384 g/mol. The van der Waals surface area contributed by atoms with Crippen molar-refractivity contribution in [2.24, 2.45) is 10.8 Å². The Morgan fingerprint density at radius 1 is 1.10 bits per heavy atom. The molecule has 1 aromatic rings. The Hall–Kier alpha value is -1.18. The normalized spacial score (nSPS) is 21.4. The summed E-state index contributed by atoms with van der Waals surface area (Å²) in [5.41, 5.74) is 0.502. The molecule has 0 aliphatic carbocycles. The highest BCUT2D eigenvalue weighted by Gasteiger charge is 2.42. The van der Waals surface area contributed by atoms with Gasteiger partial charge in [0.1, 0.15) is 10.7 Å². The van der Waals surface area contributed by atoms with Crippen LogP contribution in [0.5, 0.6) is 0 Å². The third-order valence-corrected chi connectivity index (χ3v) is 8.37. The molecule has 2 aliphatic rings. The number of hydrogen-bond donors (Lipinski definition) is 0. The fourth-order valence-corrected chi connectivity index (χ4v) is 6.00. The van der Waals surface area contributed by atoms with E-state index in [4.69, 9.17) is 0 Å². The molecule has 29 heavy (non-hydrogen) atoms. The van der Waals surface area contributed by atoms with Crippen molar-refractivity contribution in [1.29, 1.82) is 0 Å². The largest absolute Gasteiger partial charge is 0.363 e. The van der Waals surface area contributed by atoms with E-state index in [1.807, 2.05) is 19.0 Å². The zero-order valence-corrected chi connectivity index (χ0v) is 19.6. The predicted molar refractivity (Wildman–Crippen MR) is 119 cm³/mol. The average molecular weight is 423 g/mol. The first-order valence-electron chi connectivity index (χ1n) is 10.9. The van der Waals surface area contributed by atoms with Gasteiger partial charge >= 0.3 is 0 Å². The molecule has 164 valence electrons. The molecule has 2 saturated heterocycles. The number of anilines is 1. The number of piperidine rings is 2. The van der Waals surface area contributed by atoms with E-state index in [1.165, 1.54) is 12.6 Å². The van der Waals surface area contributed by atoms with Crippen LogP contribution in [-0.2, 0) is 10.0 Å². The minimum absolute atomic E-state index is 0.139. The molecule has 0 amide bonds. The Kier molecular flexibility index (Phi) is 6.61. The van der Waals surface area contributed by atoms with Gasteiger partial charge in [0.25, 0.3) is 0 Å². The lowest BCUT2D eigenvalue weighted by molar-refractivity contribution is 0.0485. The summed E-state index contributed by atoms with van der Waals surface area (Å²) in [6.07, 6.45) is 6.99. The minimum atomic E-state index is -3.48. The zero-order valence-electron chi connectivity index (χ0n) is 18.8. The SMILES string of the molecule is CN(C)c1ccc(S(=O)(=O)N2CCCC3(CCN(CCC(C)(C)C)CC3)C2)cn1. The molecule has 0 unspecified atom stereocenters. The molecule has 0 aromatic carbocycles. The highest BCUT2D eigenvalue weighted by Crippen LogP contribution is 2.41. The van der Waals surface area contributed by atoms with Gasteiger partial charge in [-0.2, -0.15) is 4.31 Å². The van der Waals surface area contributed by atoms with Gasteiger partial charge in [0.05, 0.1) is 0 Å². The molecule has 0 bridgehead atoms. The molecule has 1 spiro atoms. The summed E-state index contributed by atoms with van der Waals surface area (Å²) >= 11 is 0. The smallest absolute Gasteiger partial charge is 0.244 e. The molecule has 0 radical (unpaired) electrons. The van der Waals surface area contributed by atoms with Gasteiger partial charge in [0, 0.05) is 33.4 Å². The van der Waals surface area contributed by atoms with E-state index in [1.54, 1.807) is 16.4 Å². The van der Waals surface area contributed by atoms with Crippen LogP contribution < -0.4 is 4.90 Å². The molecule has 3 heterocycles. The van der Waals surface area contributed by atoms with E-state index in [-0.39, 0.29) is 5.41 Å². The van der Waals surface area contributed by atoms with Crippen molar-refractivity contribution in [3.05, 3.63) is 18.3 Å². The molecule has 0 saturated carbocycles. The second kappa shape index (κ2) is 8.52. The summed E-state index contributed by atoms with van der Waals surface area (Å²) in [4.78, 5) is 9.05. The fourth-order valence-electron chi connectivity index (χ4n) is 4.46. The second-order valence-electron chi connectivity index (χ2n) is 10.3. The van der Waals surface area contributed by atoms with E-state index >= 15 is 0 Å². The summed E-state index contributed by atoms with van der Waals surface area (Å²) in [5.74, 6) is 0.765. The van der Waals surface area contributed by atoms with Gasteiger partial charge in [-0.3, -0.25) is 0 Å². The Morgan fingerprint density at radius 2 is 1.79 bits per heavy atom. The van der Waals surface area contributed by atoms with Crippen LogP contribution in [-0.4, -0.2) is 69.4 Å². The molecule has 2 fully saturated rings. The lowest BCUT2D eigenvalue weighted by Crippen LogP contribution is -2.51. The summed E-state index contributed by atoms with van der Waals surface area (Å²) in [7, 11) is 0.319. The van der Waals surface area contributed by atoms with E-state index < -0.39 is 10.0 Å². The van der Waals surface area contributed by atoms with Crippen molar-refractivity contribution < 1.29 is 8.42 Å². The first-order chi connectivity index (χ1) is 13.5. The van der Waals surface area contributed by atoms with Gasteiger partial charge in [-0.15, -0.1) is 0 Å². The molecule has 3 rings (SSSR count). The number of hydrogen-bond acceptors (Lipinski definition) is 5. The van der Waals surface area contributed by atoms with Crippen molar-refractivity contribution >= 4 is 15.8 Å². The fraction of sp³-hybridized carbons (Fsp3) is 0.773. The average Bonchev–Trinajstić information content (AvgIpc) is 2.67. The minimum Gasteiger partial charge on any atom is -0.363 e. The van der Waals surface area contributed by atoms with Gasteiger partial charge < -0.3 is 9.80 Å². The molecule has 7 heteroatoms. The van der Waals surface area contributed by atoms with Crippen LogP contribution in [0.15, 0.2) is 23.2 Å². The molecular formula is C22H38N4O2S. The van der Waals surface area contributed by atoms with Gasteiger partial charge in [0.15, 0.2) is 0 Å². The first kappa shape index (κ1) is 22.5. The van der Waals surface area contributed by atoms with Crippen LogP contribution >= 0.6 is 0 Å². The summed E-state index contributed by atoms with van der Waals surface area (Å²) in [6.45, 7) is 11.5. The molecule has 0 atom stereocenters. The van der Waals surface area contributed by atoms with E-state index in [9.17, 15) is 8.42 Å². The Morgan fingerprint density at radius 3 is 2.34 bits per heavy atom. The third kappa shape index (κ3) is 5.50. The van der Waals surface area contributed by atoms with Crippen LogP contribution in [0.2, 0.25) is 0 Å². The Labute approximate surface area is 177 Å². The zero-order chi connectivity index (χ0) is 21.3. The maximum absolute atomic E-state index is 13.2. The maximum Gasteiger partial charge on any atom is 0.244 e. The number of rotatable bonds is 5. The van der Waals surface area contributed by atoms with Crippen LogP contribution in [0, 0.1) is 10.8 Å². The highest BCUT2D eigenvalue weighted by atomic mass is 32.2. The van der Waals surface area contributed by atoms with Gasteiger partial charge in [-0.1, -0.05) is 20.8 Å². The Bertz CT molecular complexity index is 776. The lowest BCUT2D eigenvalue weighted by atomic mass is 9.73. The molecule has 0 N–H and O–H groups in total. The number of pyridine rings is 1. The van der Waals surface area contributed by atoms with Crippen LogP contribution in [0.1, 0.15) is 52.9 Å². The van der Waals surface area contributed by atoms with Gasteiger partial charge in [0.2, 0.25) is 10.0 Å². The van der Waals surface area contributed by atoms with Crippen molar-refractivity contribution in [3.63, 3.8) is 0 Å². The van der Waals surface area contributed by atoms with Gasteiger partial charge in [-0.25, -0.2) is 13.4 Å². The van der Waals surface area contributed by atoms with Crippen molar-refractivity contribution in [2.45, 2.75) is 57.8 Å². The van der Waals surface area contributed by atoms with Gasteiger partial charge in [-0.05, 0) is 74.7 Å². The number of sulfonamides is 1. The van der Waals surface area contributed by atoms with Crippen LogP contribution in [0.4, 0.5) is 5.82 Å². The second-order valence-corrected chi connectivity index (χ2v) is 12.3. The number of nitrogens with zero attached hydrogens (tertiary/aromatic N) is 4. The monoisotopic (exact) mass is 422 g/mol. The first-order valence-corrected chi connectivity index (χ1v) is 12.3. The van der Waals surface area contributed by atoms with Crippen molar-refractivity contribution in [2.75, 3.05) is 51.7 Å². The highest BCUT2D eigenvalue weighted by molar-refractivity contribution is 7.89. The van der Waals surface area contributed by atoms with E-state index in [0.717, 1.165) is 51.1 Å². The number of likely N-dealkylation sites (tertiary alicyclic amines) is 1. The van der Waals surface area contributed by atoms with Crippen LogP contribution in [0.25, 0.3) is 0 Å². The standard InChI is InChI=1S/C22H38N4O2S/c1-21(2,3)10-14-25-15-11-22(12-16-25)9-6-13-26(18-22)29(27,28)19-7-8-20(23-17-19)24(4)5/h7-8,17H,6,9-16,18H2,1-5H3. The van der Waals surface area contributed by atoms with E-state index in [2.05, 4.69) is 30.7 Å². The quantitative estimate of drug-likeness (QED) is 0.727. The number of aromatic nitrogens is 1. The molecule has 6 nitrogen and oxygen atoms in total. The topological polar surface area (TPSA) is 56.8 Å². The molecule has 2 aliphatic heterocycles. The summed E-state index contributed by atoms with van der Waals surface area (Å²) in [5, 5.41) is 0.